The number of carbonyl (C=O) groups is 1. The maximum Gasteiger partial charge on any atom is 0.243 e. The maximum atomic E-state index is 12.9. The number of hydrogen-bond donors (Lipinski definition) is 1. The molecule has 0 radical (unpaired) electrons. The lowest BCUT2D eigenvalue weighted by Crippen LogP contribution is -2.32. The summed E-state index contributed by atoms with van der Waals surface area (Å²) in [5, 5.41) is 2.97. The zero-order valence-electron chi connectivity index (χ0n) is 16.8. The second-order valence-electron chi connectivity index (χ2n) is 6.97. The van der Waals surface area contributed by atoms with Crippen molar-refractivity contribution in [3.05, 3.63) is 18.2 Å². The highest BCUT2D eigenvalue weighted by molar-refractivity contribution is 7.89. The second-order valence-corrected chi connectivity index (χ2v) is 8.91. The van der Waals surface area contributed by atoms with Crippen molar-refractivity contribution in [2.75, 3.05) is 36.4 Å². The molecule has 1 saturated heterocycles. The molecule has 1 aliphatic heterocycles. The van der Waals surface area contributed by atoms with Crippen LogP contribution >= 0.6 is 0 Å². The molecule has 0 aromatic heterocycles. The molecule has 0 aliphatic carbocycles. The van der Waals surface area contributed by atoms with Crippen molar-refractivity contribution in [1.82, 2.24) is 4.31 Å². The van der Waals surface area contributed by atoms with E-state index in [2.05, 4.69) is 10.2 Å². The lowest BCUT2D eigenvalue weighted by atomic mass is 10.1. The van der Waals surface area contributed by atoms with Crippen molar-refractivity contribution in [3.63, 3.8) is 0 Å². The molecule has 1 aliphatic rings. The minimum Gasteiger partial charge on any atom is -0.370 e. The van der Waals surface area contributed by atoms with Crippen molar-refractivity contribution in [3.8, 4) is 0 Å². The molecular weight excluding hydrogens is 362 g/mol. The first-order valence-corrected chi connectivity index (χ1v) is 11.6. The van der Waals surface area contributed by atoms with Gasteiger partial charge < -0.3 is 10.2 Å². The van der Waals surface area contributed by atoms with Gasteiger partial charge in [0.15, 0.2) is 0 Å². The molecule has 1 fully saturated rings. The van der Waals surface area contributed by atoms with Crippen molar-refractivity contribution in [2.24, 2.45) is 0 Å². The zero-order chi connectivity index (χ0) is 19.9. The molecule has 0 saturated carbocycles. The highest BCUT2D eigenvalue weighted by Gasteiger charge is 2.24. The van der Waals surface area contributed by atoms with E-state index < -0.39 is 10.0 Å². The Kier molecular flexibility index (Phi) is 8.10. The number of sulfonamides is 1. The van der Waals surface area contributed by atoms with E-state index in [1.807, 2.05) is 26.8 Å². The summed E-state index contributed by atoms with van der Waals surface area (Å²) >= 11 is 0. The molecule has 0 bridgehead atoms. The van der Waals surface area contributed by atoms with Crippen molar-refractivity contribution in [2.45, 2.75) is 64.2 Å². The summed E-state index contributed by atoms with van der Waals surface area (Å²) in [5.74, 6) is -0.0625. The van der Waals surface area contributed by atoms with Crippen LogP contribution in [0, 0.1) is 0 Å². The van der Waals surface area contributed by atoms with Crippen LogP contribution in [0.15, 0.2) is 23.1 Å². The molecule has 0 spiro atoms. The number of benzene rings is 1. The highest BCUT2D eigenvalue weighted by atomic mass is 32.2. The lowest BCUT2D eigenvalue weighted by molar-refractivity contribution is -0.116. The van der Waals surface area contributed by atoms with Crippen LogP contribution in [0.2, 0.25) is 0 Å². The van der Waals surface area contributed by atoms with Crippen LogP contribution in [0.3, 0.4) is 0 Å². The SMILES string of the molecule is CCCCC(=O)Nc1cc(S(=O)(=O)N(CC)CC)ccc1N1CCCCC1. The number of carbonyl (C=O) groups excluding carboxylic acids is 1. The Morgan fingerprint density at radius 1 is 1.11 bits per heavy atom. The Morgan fingerprint density at radius 2 is 1.78 bits per heavy atom. The first-order chi connectivity index (χ1) is 12.9. The van der Waals surface area contributed by atoms with Crippen LogP contribution in [-0.4, -0.2) is 44.8 Å². The van der Waals surface area contributed by atoms with Gasteiger partial charge in [0.2, 0.25) is 15.9 Å². The lowest BCUT2D eigenvalue weighted by Gasteiger charge is -2.31. The number of anilines is 2. The fraction of sp³-hybridized carbons (Fsp3) is 0.650. The molecule has 2 rings (SSSR count). The molecule has 1 aromatic carbocycles. The van der Waals surface area contributed by atoms with Gasteiger partial charge in [-0.05, 0) is 43.9 Å². The Labute approximate surface area is 164 Å². The first kappa shape index (κ1) is 21.7. The van der Waals surface area contributed by atoms with E-state index in [4.69, 9.17) is 0 Å². The van der Waals surface area contributed by atoms with E-state index in [-0.39, 0.29) is 10.8 Å². The van der Waals surface area contributed by atoms with Gasteiger partial charge in [0, 0.05) is 32.6 Å². The van der Waals surface area contributed by atoms with Gasteiger partial charge in [0.25, 0.3) is 0 Å². The third-order valence-electron chi connectivity index (χ3n) is 5.04. The van der Waals surface area contributed by atoms with E-state index in [0.717, 1.165) is 44.5 Å². The summed E-state index contributed by atoms with van der Waals surface area (Å²) in [6.45, 7) is 8.41. The largest absolute Gasteiger partial charge is 0.370 e. The number of hydrogen-bond acceptors (Lipinski definition) is 4. The number of rotatable bonds is 9. The average Bonchev–Trinajstić information content (AvgIpc) is 2.67. The Bertz CT molecular complexity index is 724. The molecule has 1 N–H and O–H groups in total. The van der Waals surface area contributed by atoms with Crippen LogP contribution in [0.4, 0.5) is 11.4 Å². The fourth-order valence-corrected chi connectivity index (χ4v) is 4.93. The average molecular weight is 396 g/mol. The summed E-state index contributed by atoms with van der Waals surface area (Å²) < 4.78 is 27.2. The highest BCUT2D eigenvalue weighted by Crippen LogP contribution is 2.32. The summed E-state index contributed by atoms with van der Waals surface area (Å²) in [6, 6.07) is 5.14. The van der Waals surface area contributed by atoms with Crippen LogP contribution in [0.1, 0.15) is 59.3 Å². The van der Waals surface area contributed by atoms with Gasteiger partial charge in [-0.25, -0.2) is 8.42 Å². The van der Waals surface area contributed by atoms with E-state index in [0.29, 0.717) is 25.2 Å². The van der Waals surface area contributed by atoms with Crippen molar-refractivity contribution < 1.29 is 13.2 Å². The third kappa shape index (κ3) is 5.45. The number of nitrogens with zero attached hydrogens (tertiary/aromatic N) is 2. The summed E-state index contributed by atoms with van der Waals surface area (Å²) in [6.07, 6.45) is 5.66. The van der Waals surface area contributed by atoms with Gasteiger partial charge in [0.05, 0.1) is 16.3 Å². The number of unbranched alkanes of at least 4 members (excludes halogenated alkanes) is 1. The smallest absolute Gasteiger partial charge is 0.243 e. The van der Waals surface area contributed by atoms with Crippen molar-refractivity contribution in [1.29, 1.82) is 0 Å². The number of amides is 1. The summed E-state index contributed by atoms with van der Waals surface area (Å²) in [7, 11) is -3.56. The minimum atomic E-state index is -3.56. The minimum absolute atomic E-state index is 0.0625. The van der Waals surface area contributed by atoms with E-state index in [1.165, 1.54) is 10.7 Å². The van der Waals surface area contributed by atoms with E-state index in [9.17, 15) is 13.2 Å². The fourth-order valence-electron chi connectivity index (χ4n) is 3.45. The van der Waals surface area contributed by atoms with Crippen LogP contribution in [-0.2, 0) is 14.8 Å². The quantitative estimate of drug-likeness (QED) is 0.690. The Morgan fingerprint density at radius 3 is 2.37 bits per heavy atom. The molecule has 152 valence electrons. The van der Waals surface area contributed by atoms with Crippen LogP contribution < -0.4 is 10.2 Å². The maximum absolute atomic E-state index is 12.9. The number of piperidine rings is 1. The van der Waals surface area contributed by atoms with Crippen LogP contribution in [0.5, 0.6) is 0 Å². The zero-order valence-corrected chi connectivity index (χ0v) is 17.6. The summed E-state index contributed by atoms with van der Waals surface area (Å²) in [5.41, 5.74) is 1.52. The standard InChI is InChI=1S/C20H33N3O3S/c1-4-7-11-20(24)21-18-16-17(27(25,26)23(5-2)6-3)12-13-19(18)22-14-9-8-10-15-22/h12-13,16H,4-11,14-15H2,1-3H3,(H,21,24). The molecule has 27 heavy (non-hydrogen) atoms. The third-order valence-corrected chi connectivity index (χ3v) is 7.09. The molecule has 0 atom stereocenters. The topological polar surface area (TPSA) is 69.7 Å². The first-order valence-electron chi connectivity index (χ1n) is 10.1. The monoisotopic (exact) mass is 395 g/mol. The second kappa shape index (κ2) is 10.1. The van der Waals surface area contributed by atoms with Gasteiger partial charge in [-0.1, -0.05) is 27.2 Å². The molecule has 1 aromatic rings. The Balaban J connectivity index is 2.38. The molecule has 6 nitrogen and oxygen atoms in total. The van der Waals surface area contributed by atoms with Crippen molar-refractivity contribution >= 4 is 27.3 Å². The molecule has 0 unspecified atom stereocenters. The van der Waals surface area contributed by atoms with Gasteiger partial charge in [-0.2, -0.15) is 4.31 Å². The van der Waals surface area contributed by atoms with Gasteiger partial charge in [0.1, 0.15) is 0 Å². The Hall–Kier alpha value is -1.60. The predicted octanol–water partition coefficient (Wildman–Crippen LogP) is 3.84. The van der Waals surface area contributed by atoms with E-state index >= 15 is 0 Å². The predicted molar refractivity (Wildman–Crippen MR) is 111 cm³/mol. The molecule has 7 heteroatoms. The number of nitrogens with one attached hydrogen (secondary N) is 1. The molecule has 1 heterocycles. The molecular formula is C20H33N3O3S. The van der Waals surface area contributed by atoms with Gasteiger partial charge in [-0.3, -0.25) is 4.79 Å². The summed E-state index contributed by atoms with van der Waals surface area (Å²) in [4.78, 5) is 14.8. The van der Waals surface area contributed by atoms with Crippen LogP contribution in [0.25, 0.3) is 0 Å². The van der Waals surface area contributed by atoms with E-state index in [1.54, 1.807) is 12.1 Å². The van der Waals surface area contributed by atoms with Gasteiger partial charge in [-0.15, -0.1) is 0 Å². The molecule has 1 amide bonds. The normalized spacial score (nSPS) is 15.2. The van der Waals surface area contributed by atoms with Gasteiger partial charge >= 0.3 is 0 Å².